The number of nitrogens with one attached hydrogen (secondary N) is 1. The maximum atomic E-state index is 12.8. The second-order valence-corrected chi connectivity index (χ2v) is 3.21. The second-order valence-electron chi connectivity index (χ2n) is 2.80. The molecule has 0 saturated carbocycles. The Morgan fingerprint density at radius 1 is 1.33 bits per heavy atom. The number of benzene rings is 1. The molecule has 0 bridgehead atoms. The first kappa shape index (κ1) is 7.62. The van der Waals surface area contributed by atoms with Crippen LogP contribution in [0.2, 0.25) is 5.02 Å². The Kier molecular flexibility index (Phi) is 1.58. The molecule has 0 radical (unpaired) electrons. The lowest BCUT2D eigenvalue weighted by Gasteiger charge is -1.93. The van der Waals surface area contributed by atoms with Crippen LogP contribution in [0.1, 0.15) is 5.69 Å². The van der Waals surface area contributed by atoms with E-state index in [1.807, 2.05) is 13.0 Å². The summed E-state index contributed by atoms with van der Waals surface area (Å²) in [6, 6.07) is 4.63. The third-order valence-corrected chi connectivity index (χ3v) is 2.08. The number of fused-ring (bicyclic) bond motifs is 1. The molecule has 2 rings (SSSR count). The van der Waals surface area contributed by atoms with Gasteiger partial charge in [-0.15, -0.1) is 0 Å². The fourth-order valence-corrected chi connectivity index (χ4v) is 1.57. The van der Waals surface area contributed by atoms with Crippen molar-refractivity contribution in [2.45, 2.75) is 6.92 Å². The Morgan fingerprint density at radius 2 is 2.08 bits per heavy atom. The number of H-pyrrole nitrogens is 1. The van der Waals surface area contributed by atoms with Crippen LogP contribution in [0.3, 0.4) is 0 Å². The SMILES string of the molecule is Cc1cc2cc(F)cc(Cl)c2[nH]1. The number of rotatable bonds is 0. The van der Waals surface area contributed by atoms with Crippen LogP contribution >= 0.6 is 11.6 Å². The lowest BCUT2D eigenvalue weighted by atomic mass is 10.2. The van der Waals surface area contributed by atoms with Crippen molar-refractivity contribution in [2.75, 3.05) is 0 Å². The summed E-state index contributed by atoms with van der Waals surface area (Å²) in [5.74, 6) is -0.300. The molecule has 2 aromatic rings. The highest BCUT2D eigenvalue weighted by Gasteiger charge is 2.03. The van der Waals surface area contributed by atoms with Crippen LogP contribution in [0.15, 0.2) is 18.2 Å². The summed E-state index contributed by atoms with van der Waals surface area (Å²) in [6.45, 7) is 1.91. The minimum Gasteiger partial charge on any atom is -0.357 e. The summed E-state index contributed by atoms with van der Waals surface area (Å²) >= 11 is 5.80. The van der Waals surface area contributed by atoms with Crippen molar-refractivity contribution in [3.05, 3.63) is 34.7 Å². The first-order valence-corrected chi connectivity index (χ1v) is 3.99. The van der Waals surface area contributed by atoms with Crippen molar-refractivity contribution in [1.82, 2.24) is 4.98 Å². The Balaban J connectivity index is 2.88. The van der Waals surface area contributed by atoms with Crippen molar-refractivity contribution < 1.29 is 4.39 Å². The molecule has 0 aliphatic rings. The molecule has 1 heterocycles. The quantitative estimate of drug-likeness (QED) is 0.645. The van der Waals surface area contributed by atoms with Gasteiger partial charge in [-0.2, -0.15) is 0 Å². The van der Waals surface area contributed by atoms with Gasteiger partial charge in [-0.25, -0.2) is 4.39 Å². The molecule has 0 aliphatic carbocycles. The molecule has 1 aromatic carbocycles. The average Bonchev–Trinajstić information content (AvgIpc) is 2.29. The van der Waals surface area contributed by atoms with E-state index in [0.29, 0.717) is 5.02 Å². The number of aromatic nitrogens is 1. The van der Waals surface area contributed by atoms with Crippen molar-refractivity contribution in [2.24, 2.45) is 0 Å². The molecule has 0 saturated heterocycles. The fourth-order valence-electron chi connectivity index (χ4n) is 1.31. The summed E-state index contributed by atoms with van der Waals surface area (Å²) in [5, 5.41) is 1.25. The third-order valence-electron chi connectivity index (χ3n) is 1.78. The highest BCUT2D eigenvalue weighted by Crippen LogP contribution is 2.24. The summed E-state index contributed by atoms with van der Waals surface area (Å²) in [6.07, 6.45) is 0. The van der Waals surface area contributed by atoms with Crippen LogP contribution in [-0.2, 0) is 0 Å². The molecule has 0 fully saturated rings. The van der Waals surface area contributed by atoms with E-state index in [1.165, 1.54) is 12.1 Å². The van der Waals surface area contributed by atoms with E-state index in [1.54, 1.807) is 0 Å². The van der Waals surface area contributed by atoms with E-state index in [-0.39, 0.29) is 5.82 Å². The van der Waals surface area contributed by atoms with Crippen molar-refractivity contribution in [1.29, 1.82) is 0 Å². The Morgan fingerprint density at radius 3 is 2.83 bits per heavy atom. The molecule has 1 N–H and O–H groups in total. The zero-order valence-corrected chi connectivity index (χ0v) is 7.24. The normalized spacial score (nSPS) is 10.9. The van der Waals surface area contributed by atoms with Gasteiger partial charge in [0, 0.05) is 11.1 Å². The zero-order valence-electron chi connectivity index (χ0n) is 6.49. The molecule has 3 heteroatoms. The maximum Gasteiger partial charge on any atom is 0.125 e. The van der Waals surface area contributed by atoms with E-state index >= 15 is 0 Å². The zero-order chi connectivity index (χ0) is 8.72. The predicted octanol–water partition coefficient (Wildman–Crippen LogP) is 3.27. The number of aryl methyl sites for hydroxylation is 1. The van der Waals surface area contributed by atoms with E-state index in [9.17, 15) is 4.39 Å². The van der Waals surface area contributed by atoms with Crippen molar-refractivity contribution in [3.8, 4) is 0 Å². The first-order chi connectivity index (χ1) is 5.66. The molecule has 12 heavy (non-hydrogen) atoms. The standard InChI is InChI=1S/C9H7ClFN/c1-5-2-6-3-7(11)4-8(10)9(6)12-5/h2-4,12H,1H3. The largest absolute Gasteiger partial charge is 0.357 e. The second kappa shape index (κ2) is 2.49. The summed E-state index contributed by atoms with van der Waals surface area (Å²) < 4.78 is 12.8. The summed E-state index contributed by atoms with van der Waals surface area (Å²) in [5.41, 5.74) is 1.79. The van der Waals surface area contributed by atoms with Crippen LogP contribution in [0.25, 0.3) is 10.9 Å². The van der Waals surface area contributed by atoms with Crippen molar-refractivity contribution in [3.63, 3.8) is 0 Å². The minimum absolute atomic E-state index is 0.300. The lowest BCUT2D eigenvalue weighted by Crippen LogP contribution is -1.75. The van der Waals surface area contributed by atoms with E-state index in [4.69, 9.17) is 11.6 Å². The molecule has 0 unspecified atom stereocenters. The van der Waals surface area contributed by atoms with Gasteiger partial charge >= 0.3 is 0 Å². The van der Waals surface area contributed by atoms with Gasteiger partial charge in [-0.3, -0.25) is 0 Å². The van der Waals surface area contributed by atoms with E-state index < -0.39 is 0 Å². The third kappa shape index (κ3) is 1.08. The van der Waals surface area contributed by atoms with Gasteiger partial charge in [0.2, 0.25) is 0 Å². The van der Waals surface area contributed by atoms with Gasteiger partial charge in [-0.05, 0) is 25.1 Å². The minimum atomic E-state index is -0.300. The Bertz CT molecular complexity index is 433. The molecule has 0 atom stereocenters. The van der Waals surface area contributed by atoms with Crippen molar-refractivity contribution >= 4 is 22.5 Å². The van der Waals surface area contributed by atoms with Crippen LogP contribution in [-0.4, -0.2) is 4.98 Å². The molecule has 1 nitrogen and oxygen atoms in total. The predicted molar refractivity (Wildman–Crippen MR) is 48.0 cm³/mol. The highest BCUT2D eigenvalue weighted by molar-refractivity contribution is 6.35. The monoisotopic (exact) mass is 183 g/mol. The number of aromatic amines is 1. The molecule has 0 amide bonds. The van der Waals surface area contributed by atoms with E-state index in [2.05, 4.69) is 4.98 Å². The number of hydrogen-bond acceptors (Lipinski definition) is 0. The van der Waals surface area contributed by atoms with Crippen LogP contribution in [0, 0.1) is 12.7 Å². The topological polar surface area (TPSA) is 15.8 Å². The van der Waals surface area contributed by atoms with Gasteiger partial charge in [0.1, 0.15) is 5.82 Å². The van der Waals surface area contributed by atoms with Gasteiger partial charge in [0.15, 0.2) is 0 Å². The van der Waals surface area contributed by atoms with Crippen LogP contribution in [0.5, 0.6) is 0 Å². The number of hydrogen-bond donors (Lipinski definition) is 1. The van der Waals surface area contributed by atoms with Crippen LogP contribution in [0.4, 0.5) is 4.39 Å². The van der Waals surface area contributed by atoms with Crippen LogP contribution < -0.4 is 0 Å². The van der Waals surface area contributed by atoms with Gasteiger partial charge in [0.05, 0.1) is 10.5 Å². The molecular weight excluding hydrogens is 177 g/mol. The van der Waals surface area contributed by atoms with Gasteiger partial charge in [-0.1, -0.05) is 11.6 Å². The Labute approximate surface area is 74.2 Å². The molecule has 1 aromatic heterocycles. The fraction of sp³-hybridized carbons (Fsp3) is 0.111. The number of halogens is 2. The molecule has 0 spiro atoms. The Hall–Kier alpha value is -1.02. The highest BCUT2D eigenvalue weighted by atomic mass is 35.5. The smallest absolute Gasteiger partial charge is 0.125 e. The lowest BCUT2D eigenvalue weighted by molar-refractivity contribution is 0.630. The van der Waals surface area contributed by atoms with Gasteiger partial charge < -0.3 is 4.98 Å². The summed E-state index contributed by atoms with van der Waals surface area (Å²) in [7, 11) is 0. The maximum absolute atomic E-state index is 12.8. The molecule has 62 valence electrons. The average molecular weight is 184 g/mol. The van der Waals surface area contributed by atoms with E-state index in [0.717, 1.165) is 16.6 Å². The van der Waals surface area contributed by atoms with Gasteiger partial charge in [0.25, 0.3) is 0 Å². The molecular formula is C9H7ClFN. The molecule has 0 aliphatic heterocycles. The summed E-state index contributed by atoms with van der Waals surface area (Å²) in [4.78, 5) is 3.06. The first-order valence-electron chi connectivity index (χ1n) is 3.61.